The Labute approximate surface area is 112 Å². The highest BCUT2D eigenvalue weighted by atomic mass is 16.5. The second kappa shape index (κ2) is 6.43. The number of nitrogens with one attached hydrogen (secondary N) is 1. The lowest BCUT2D eigenvalue weighted by molar-refractivity contribution is 0.0857. The molecule has 1 amide bonds. The summed E-state index contributed by atoms with van der Waals surface area (Å²) in [4.78, 5) is 12.1. The number of carbonyl (C=O) groups excluding carboxylic acids is 1. The summed E-state index contributed by atoms with van der Waals surface area (Å²) in [5.74, 6) is 1.05. The molecule has 0 saturated carbocycles. The van der Waals surface area contributed by atoms with E-state index in [0.717, 1.165) is 19.4 Å². The van der Waals surface area contributed by atoms with E-state index in [0.29, 0.717) is 23.6 Å². The van der Waals surface area contributed by atoms with Gasteiger partial charge < -0.3 is 19.5 Å². The molecule has 5 nitrogen and oxygen atoms in total. The summed E-state index contributed by atoms with van der Waals surface area (Å²) in [6, 6.07) is 5.11. The van der Waals surface area contributed by atoms with Crippen LogP contribution in [0.25, 0.3) is 0 Å². The zero-order chi connectivity index (χ0) is 13.7. The Balaban J connectivity index is 2.00. The van der Waals surface area contributed by atoms with Crippen molar-refractivity contribution in [2.75, 3.05) is 27.4 Å². The average molecular weight is 265 g/mol. The zero-order valence-corrected chi connectivity index (χ0v) is 11.3. The highest BCUT2D eigenvalue weighted by Crippen LogP contribution is 2.22. The van der Waals surface area contributed by atoms with Gasteiger partial charge in [-0.25, -0.2) is 0 Å². The van der Waals surface area contributed by atoms with E-state index < -0.39 is 0 Å². The minimum absolute atomic E-state index is 0.136. The molecule has 5 heteroatoms. The molecule has 1 aromatic rings. The molecule has 0 bridgehead atoms. The first-order chi connectivity index (χ1) is 9.22. The number of hydrogen-bond donors (Lipinski definition) is 1. The zero-order valence-electron chi connectivity index (χ0n) is 11.3. The van der Waals surface area contributed by atoms with Crippen LogP contribution in [-0.4, -0.2) is 39.4 Å². The van der Waals surface area contributed by atoms with Gasteiger partial charge in [0.2, 0.25) is 0 Å². The van der Waals surface area contributed by atoms with Crippen LogP contribution in [0.5, 0.6) is 11.5 Å². The van der Waals surface area contributed by atoms with Gasteiger partial charge in [-0.2, -0.15) is 0 Å². The van der Waals surface area contributed by atoms with Crippen molar-refractivity contribution in [2.24, 2.45) is 0 Å². The summed E-state index contributed by atoms with van der Waals surface area (Å²) in [6.45, 7) is 1.33. The number of benzene rings is 1. The van der Waals surface area contributed by atoms with E-state index in [4.69, 9.17) is 14.2 Å². The number of amides is 1. The van der Waals surface area contributed by atoms with E-state index in [-0.39, 0.29) is 12.0 Å². The van der Waals surface area contributed by atoms with Gasteiger partial charge in [-0.15, -0.1) is 0 Å². The van der Waals surface area contributed by atoms with E-state index in [1.807, 2.05) is 0 Å². The van der Waals surface area contributed by atoms with Gasteiger partial charge in [-0.05, 0) is 25.0 Å². The molecule has 1 saturated heterocycles. The minimum atomic E-state index is -0.146. The maximum Gasteiger partial charge on any atom is 0.251 e. The molecule has 1 N–H and O–H groups in total. The molecule has 104 valence electrons. The van der Waals surface area contributed by atoms with E-state index in [1.54, 1.807) is 32.4 Å². The number of rotatable bonds is 5. The quantitative estimate of drug-likeness (QED) is 0.878. The lowest BCUT2D eigenvalue weighted by atomic mass is 10.1. The average Bonchev–Trinajstić information content (AvgIpc) is 2.97. The molecule has 19 heavy (non-hydrogen) atoms. The molecule has 1 aliphatic heterocycles. The molecule has 1 aliphatic rings. The molecule has 1 atom stereocenters. The second-order valence-electron chi connectivity index (χ2n) is 4.45. The molecule has 2 rings (SSSR count). The summed E-state index contributed by atoms with van der Waals surface area (Å²) in [5, 5.41) is 2.87. The van der Waals surface area contributed by atoms with E-state index in [9.17, 15) is 4.79 Å². The van der Waals surface area contributed by atoms with Gasteiger partial charge in [-0.3, -0.25) is 4.79 Å². The van der Waals surface area contributed by atoms with Gasteiger partial charge in [0, 0.05) is 24.8 Å². The fourth-order valence-corrected chi connectivity index (χ4v) is 2.05. The topological polar surface area (TPSA) is 56.8 Å². The third-order valence-electron chi connectivity index (χ3n) is 3.13. The van der Waals surface area contributed by atoms with Gasteiger partial charge in [-0.1, -0.05) is 0 Å². The summed E-state index contributed by atoms with van der Waals surface area (Å²) in [7, 11) is 3.12. The molecule has 0 aromatic heterocycles. The van der Waals surface area contributed by atoms with Crippen LogP contribution in [0.2, 0.25) is 0 Å². The lowest BCUT2D eigenvalue weighted by Crippen LogP contribution is -2.31. The van der Waals surface area contributed by atoms with Crippen LogP contribution in [0.15, 0.2) is 18.2 Å². The molecule has 0 unspecified atom stereocenters. The highest BCUT2D eigenvalue weighted by molar-refractivity contribution is 5.95. The lowest BCUT2D eigenvalue weighted by Gasteiger charge is -2.12. The van der Waals surface area contributed by atoms with Gasteiger partial charge >= 0.3 is 0 Å². The van der Waals surface area contributed by atoms with Crippen LogP contribution in [0.3, 0.4) is 0 Å². The van der Waals surface area contributed by atoms with Crippen molar-refractivity contribution < 1.29 is 19.0 Å². The van der Waals surface area contributed by atoms with Crippen LogP contribution in [0.4, 0.5) is 0 Å². The summed E-state index contributed by atoms with van der Waals surface area (Å²) in [6.07, 6.45) is 2.20. The van der Waals surface area contributed by atoms with Crippen molar-refractivity contribution >= 4 is 5.91 Å². The van der Waals surface area contributed by atoms with Gasteiger partial charge in [0.15, 0.2) is 0 Å². The number of methoxy groups -OCH3 is 2. The van der Waals surface area contributed by atoms with E-state index in [1.165, 1.54) is 0 Å². The molecule has 1 fully saturated rings. The highest BCUT2D eigenvalue weighted by Gasteiger charge is 2.17. The van der Waals surface area contributed by atoms with Crippen LogP contribution in [0, 0.1) is 0 Å². The summed E-state index contributed by atoms with van der Waals surface area (Å²) >= 11 is 0. The third kappa shape index (κ3) is 3.61. The molecular weight excluding hydrogens is 246 g/mol. The molecule has 1 aromatic carbocycles. The van der Waals surface area contributed by atoms with Gasteiger partial charge in [0.25, 0.3) is 5.91 Å². The Hall–Kier alpha value is -1.75. The van der Waals surface area contributed by atoms with Crippen LogP contribution < -0.4 is 14.8 Å². The van der Waals surface area contributed by atoms with Gasteiger partial charge in [0.1, 0.15) is 11.5 Å². The van der Waals surface area contributed by atoms with Crippen molar-refractivity contribution in [3.63, 3.8) is 0 Å². The second-order valence-corrected chi connectivity index (χ2v) is 4.45. The maximum absolute atomic E-state index is 12.1. The Kier molecular flexibility index (Phi) is 4.63. The van der Waals surface area contributed by atoms with Crippen LogP contribution in [0.1, 0.15) is 23.2 Å². The molecule has 0 radical (unpaired) electrons. The van der Waals surface area contributed by atoms with Crippen LogP contribution >= 0.6 is 0 Å². The van der Waals surface area contributed by atoms with Crippen molar-refractivity contribution in [2.45, 2.75) is 18.9 Å². The van der Waals surface area contributed by atoms with E-state index in [2.05, 4.69) is 5.32 Å². The Morgan fingerprint density at radius 1 is 1.32 bits per heavy atom. The van der Waals surface area contributed by atoms with Crippen LogP contribution in [-0.2, 0) is 4.74 Å². The molecule has 0 spiro atoms. The predicted molar refractivity (Wildman–Crippen MR) is 70.9 cm³/mol. The Bertz CT molecular complexity index is 419. The first-order valence-corrected chi connectivity index (χ1v) is 6.36. The van der Waals surface area contributed by atoms with Crippen molar-refractivity contribution in [3.8, 4) is 11.5 Å². The fraction of sp³-hybridized carbons (Fsp3) is 0.500. The SMILES string of the molecule is COc1cc(OC)cc(C(=O)NC[C@H]2CCCO2)c1. The Morgan fingerprint density at radius 2 is 2.00 bits per heavy atom. The minimum Gasteiger partial charge on any atom is -0.497 e. The van der Waals surface area contributed by atoms with Crippen molar-refractivity contribution in [1.29, 1.82) is 0 Å². The number of ether oxygens (including phenoxy) is 3. The largest absolute Gasteiger partial charge is 0.497 e. The predicted octanol–water partition coefficient (Wildman–Crippen LogP) is 1.61. The van der Waals surface area contributed by atoms with Crippen molar-refractivity contribution in [3.05, 3.63) is 23.8 Å². The maximum atomic E-state index is 12.1. The molecular formula is C14H19NO4. The monoisotopic (exact) mass is 265 g/mol. The summed E-state index contributed by atoms with van der Waals surface area (Å²) in [5.41, 5.74) is 0.522. The van der Waals surface area contributed by atoms with Crippen molar-refractivity contribution in [1.82, 2.24) is 5.32 Å². The Morgan fingerprint density at radius 3 is 2.53 bits per heavy atom. The first kappa shape index (κ1) is 13.7. The normalized spacial score (nSPS) is 18.1. The third-order valence-corrected chi connectivity index (χ3v) is 3.13. The molecule has 1 heterocycles. The number of carbonyl (C=O) groups is 1. The molecule has 0 aliphatic carbocycles. The standard InChI is InChI=1S/C14H19NO4/c1-17-12-6-10(7-13(8-12)18-2)14(16)15-9-11-4-3-5-19-11/h6-8,11H,3-5,9H2,1-2H3,(H,15,16)/t11-/m1/s1. The first-order valence-electron chi connectivity index (χ1n) is 6.36. The van der Waals surface area contributed by atoms with E-state index >= 15 is 0 Å². The summed E-state index contributed by atoms with van der Waals surface area (Å²) < 4.78 is 15.7. The van der Waals surface area contributed by atoms with Gasteiger partial charge in [0.05, 0.1) is 20.3 Å². The smallest absolute Gasteiger partial charge is 0.251 e. The fourth-order valence-electron chi connectivity index (χ4n) is 2.05. The number of hydrogen-bond acceptors (Lipinski definition) is 4.